The fourth-order valence-corrected chi connectivity index (χ4v) is 5.84. The number of hydrogen-bond donors (Lipinski definition) is 1. The molecule has 0 fully saturated rings. The molecule has 0 saturated carbocycles. The second-order valence-corrected chi connectivity index (χ2v) is 11.5. The minimum Gasteiger partial charge on any atom is -0.398 e. The zero-order chi connectivity index (χ0) is 21.9. The second kappa shape index (κ2) is 9.43. The maximum Gasteiger partial charge on any atom is 0.285 e. The van der Waals surface area contributed by atoms with Crippen LogP contribution < -0.4 is 5.73 Å². The Balaban J connectivity index is 3.59. The monoisotopic (exact) mass is 452 g/mol. The topological polar surface area (TPSA) is 113 Å². The van der Waals surface area contributed by atoms with Gasteiger partial charge >= 0.3 is 0 Å². The molecule has 0 aromatic heterocycles. The van der Waals surface area contributed by atoms with E-state index in [-0.39, 0.29) is 40.5 Å². The summed E-state index contributed by atoms with van der Waals surface area (Å²) in [7, 11) is -5.02. The molecule has 0 atom stereocenters. The molecule has 0 saturated heterocycles. The summed E-state index contributed by atoms with van der Waals surface area (Å²) in [5.74, 6) is 0.157. The number of nitrogen functional groups attached to an aromatic ring is 1. The van der Waals surface area contributed by atoms with Crippen LogP contribution >= 0.6 is 11.6 Å². The van der Waals surface area contributed by atoms with Crippen LogP contribution in [-0.2, 0) is 20.0 Å². The molecule has 28 heavy (non-hydrogen) atoms. The van der Waals surface area contributed by atoms with Crippen molar-refractivity contribution in [2.45, 2.75) is 37.5 Å². The van der Waals surface area contributed by atoms with E-state index in [4.69, 9.17) is 17.3 Å². The van der Waals surface area contributed by atoms with Crippen LogP contribution in [-0.4, -0.2) is 59.6 Å². The van der Waals surface area contributed by atoms with Crippen molar-refractivity contribution in [2.24, 2.45) is 16.2 Å². The van der Waals surface area contributed by atoms with Gasteiger partial charge in [0.15, 0.2) is 0 Å². The molecule has 0 aliphatic heterocycles. The Kier molecular flexibility index (Phi) is 8.31. The van der Waals surface area contributed by atoms with Crippen LogP contribution in [0.3, 0.4) is 0 Å². The molecular weight excluding hydrogens is 424 g/mol. The third-order valence-electron chi connectivity index (χ3n) is 3.51. The fraction of sp³-hybridized carbons (Fsp3) is 0.588. The standard InChI is InChI=1S/C17H29ClN4O4S2/c1-12(2)9-22(10-13(3)4)28(25,26)17-8-16(14(18)7-15(17)19)27(23,24)20-11-21(5)6/h7-8,11-13H,9-10,19H2,1-6H3. The highest BCUT2D eigenvalue weighted by Crippen LogP contribution is 2.33. The molecule has 0 unspecified atom stereocenters. The molecule has 11 heteroatoms. The zero-order valence-electron chi connectivity index (χ0n) is 17.0. The smallest absolute Gasteiger partial charge is 0.285 e. The van der Waals surface area contributed by atoms with Gasteiger partial charge in [-0.15, -0.1) is 4.40 Å². The number of hydrogen-bond acceptors (Lipinski definition) is 5. The fourth-order valence-electron chi connectivity index (χ4n) is 2.41. The lowest BCUT2D eigenvalue weighted by atomic mass is 10.2. The first-order valence-corrected chi connectivity index (χ1v) is 12.0. The lowest BCUT2D eigenvalue weighted by molar-refractivity contribution is 0.333. The highest BCUT2D eigenvalue weighted by Gasteiger charge is 2.30. The summed E-state index contributed by atoms with van der Waals surface area (Å²) in [5, 5.41) is -0.188. The lowest BCUT2D eigenvalue weighted by Crippen LogP contribution is -2.37. The minimum absolute atomic E-state index is 0.0787. The van der Waals surface area contributed by atoms with Gasteiger partial charge < -0.3 is 10.6 Å². The lowest BCUT2D eigenvalue weighted by Gasteiger charge is -2.26. The van der Waals surface area contributed by atoms with Crippen molar-refractivity contribution >= 4 is 43.7 Å². The van der Waals surface area contributed by atoms with Crippen molar-refractivity contribution in [3.63, 3.8) is 0 Å². The SMILES string of the molecule is CC(C)CN(CC(C)C)S(=O)(=O)c1cc(S(=O)(=O)N=CN(C)C)c(Cl)cc1N. The van der Waals surface area contributed by atoms with Gasteiger partial charge in [0.05, 0.1) is 10.7 Å². The normalized spacial score (nSPS) is 13.2. The number of benzene rings is 1. The summed E-state index contributed by atoms with van der Waals surface area (Å²) in [5.41, 5.74) is 5.80. The number of anilines is 1. The molecule has 0 spiro atoms. The van der Waals surface area contributed by atoms with E-state index in [0.717, 1.165) is 18.5 Å². The van der Waals surface area contributed by atoms with E-state index >= 15 is 0 Å². The highest BCUT2D eigenvalue weighted by atomic mass is 35.5. The molecule has 0 amide bonds. The van der Waals surface area contributed by atoms with Crippen LogP contribution in [0.1, 0.15) is 27.7 Å². The van der Waals surface area contributed by atoms with Crippen molar-refractivity contribution in [1.29, 1.82) is 0 Å². The molecule has 1 aromatic rings. The highest BCUT2D eigenvalue weighted by molar-refractivity contribution is 7.90. The molecule has 0 radical (unpaired) electrons. The van der Waals surface area contributed by atoms with Gasteiger partial charge in [0.1, 0.15) is 16.1 Å². The average molecular weight is 453 g/mol. The number of sulfonamides is 2. The second-order valence-electron chi connectivity index (χ2n) is 7.59. The quantitative estimate of drug-likeness (QED) is 0.350. The summed E-state index contributed by atoms with van der Waals surface area (Å²) < 4.78 is 56.4. The summed E-state index contributed by atoms with van der Waals surface area (Å²) in [4.78, 5) is 0.735. The van der Waals surface area contributed by atoms with Gasteiger partial charge in [-0.05, 0) is 24.0 Å². The Morgan fingerprint density at radius 1 is 1.04 bits per heavy atom. The van der Waals surface area contributed by atoms with E-state index in [9.17, 15) is 16.8 Å². The van der Waals surface area contributed by atoms with Crippen LogP contribution in [0.5, 0.6) is 0 Å². The van der Waals surface area contributed by atoms with Gasteiger partial charge in [0.25, 0.3) is 10.0 Å². The summed E-state index contributed by atoms with van der Waals surface area (Å²) >= 11 is 6.04. The predicted molar refractivity (Wildman–Crippen MR) is 114 cm³/mol. The van der Waals surface area contributed by atoms with Gasteiger partial charge in [-0.2, -0.15) is 12.7 Å². The van der Waals surface area contributed by atoms with E-state index in [1.165, 1.54) is 9.21 Å². The van der Waals surface area contributed by atoms with Gasteiger partial charge in [0, 0.05) is 27.2 Å². The molecule has 0 aliphatic rings. The van der Waals surface area contributed by atoms with E-state index in [2.05, 4.69) is 4.40 Å². The summed E-state index contributed by atoms with van der Waals surface area (Å²) in [6, 6.07) is 2.12. The third-order valence-corrected chi connectivity index (χ3v) is 7.09. The van der Waals surface area contributed by atoms with E-state index < -0.39 is 24.9 Å². The molecule has 1 aromatic carbocycles. The van der Waals surface area contributed by atoms with Crippen molar-refractivity contribution in [3.8, 4) is 0 Å². The molecule has 0 aliphatic carbocycles. The first-order chi connectivity index (χ1) is 12.7. The van der Waals surface area contributed by atoms with Gasteiger partial charge in [0.2, 0.25) is 10.0 Å². The summed E-state index contributed by atoms with van der Waals surface area (Å²) in [6.45, 7) is 8.17. The van der Waals surface area contributed by atoms with E-state index in [0.29, 0.717) is 0 Å². The van der Waals surface area contributed by atoms with Crippen molar-refractivity contribution in [1.82, 2.24) is 9.21 Å². The largest absolute Gasteiger partial charge is 0.398 e. The van der Waals surface area contributed by atoms with Gasteiger partial charge in [-0.3, -0.25) is 0 Å². The molecule has 8 nitrogen and oxygen atoms in total. The molecule has 2 N–H and O–H groups in total. The maximum atomic E-state index is 13.2. The Morgan fingerprint density at radius 2 is 1.54 bits per heavy atom. The van der Waals surface area contributed by atoms with Crippen LogP contribution in [0.15, 0.2) is 26.3 Å². The van der Waals surface area contributed by atoms with Crippen molar-refractivity contribution < 1.29 is 16.8 Å². The number of nitrogens with zero attached hydrogens (tertiary/aromatic N) is 3. The molecule has 160 valence electrons. The van der Waals surface area contributed by atoms with E-state index in [1.54, 1.807) is 14.1 Å². The number of rotatable bonds is 9. The van der Waals surface area contributed by atoms with Gasteiger partial charge in [-0.25, -0.2) is 8.42 Å². The van der Waals surface area contributed by atoms with Crippen LogP contribution in [0.4, 0.5) is 5.69 Å². The Labute approximate surface area is 173 Å². The molecule has 1 rings (SSSR count). The Hall–Kier alpha value is -1.36. The Morgan fingerprint density at radius 3 is 1.96 bits per heavy atom. The van der Waals surface area contributed by atoms with Crippen LogP contribution in [0.25, 0.3) is 0 Å². The summed E-state index contributed by atoms with van der Waals surface area (Å²) in [6.07, 6.45) is 1.10. The predicted octanol–water partition coefficient (Wildman–Crippen LogP) is 2.50. The molecular formula is C17H29ClN4O4S2. The molecule has 0 heterocycles. The zero-order valence-corrected chi connectivity index (χ0v) is 19.4. The van der Waals surface area contributed by atoms with E-state index in [1.807, 2.05) is 27.7 Å². The van der Waals surface area contributed by atoms with Crippen LogP contribution in [0.2, 0.25) is 5.02 Å². The molecule has 0 bridgehead atoms. The first-order valence-electron chi connectivity index (χ1n) is 8.74. The maximum absolute atomic E-state index is 13.2. The van der Waals surface area contributed by atoms with Crippen molar-refractivity contribution in [2.75, 3.05) is 32.9 Å². The number of nitrogens with two attached hydrogens (primary N) is 1. The van der Waals surface area contributed by atoms with Gasteiger partial charge in [-0.1, -0.05) is 39.3 Å². The van der Waals surface area contributed by atoms with Crippen molar-refractivity contribution in [3.05, 3.63) is 17.2 Å². The number of halogens is 1. The van der Waals surface area contributed by atoms with Crippen LogP contribution in [0, 0.1) is 11.8 Å². The minimum atomic E-state index is -4.20. The first kappa shape index (κ1) is 24.7. The average Bonchev–Trinajstić information content (AvgIpc) is 2.51. The third kappa shape index (κ3) is 6.33. The Bertz CT molecular complexity index is 917.